The van der Waals surface area contributed by atoms with Gasteiger partial charge in [-0.15, -0.1) is 0 Å². The molecule has 1 aromatic carbocycles. The Morgan fingerprint density at radius 1 is 1.30 bits per heavy atom. The fourth-order valence-electron chi connectivity index (χ4n) is 2.04. The van der Waals surface area contributed by atoms with Crippen molar-refractivity contribution in [3.63, 3.8) is 0 Å². The van der Waals surface area contributed by atoms with E-state index in [0.717, 1.165) is 16.0 Å². The SMILES string of the molecule is Cc1cccc(Sc2c(C(=O)O)[nH]c3cccnc23)c1. The maximum atomic E-state index is 11.4. The Labute approximate surface area is 119 Å². The molecule has 0 spiro atoms. The lowest BCUT2D eigenvalue weighted by Crippen LogP contribution is -1.98. The van der Waals surface area contributed by atoms with Crippen LogP contribution in [0.4, 0.5) is 0 Å². The van der Waals surface area contributed by atoms with Crippen LogP contribution in [0.2, 0.25) is 0 Å². The smallest absolute Gasteiger partial charge is 0.353 e. The van der Waals surface area contributed by atoms with Crippen molar-refractivity contribution >= 4 is 28.8 Å². The molecular formula is C15H12N2O2S. The summed E-state index contributed by atoms with van der Waals surface area (Å²) >= 11 is 1.42. The first-order valence-electron chi connectivity index (χ1n) is 6.09. The van der Waals surface area contributed by atoms with Gasteiger partial charge in [-0.1, -0.05) is 29.5 Å². The molecule has 0 saturated heterocycles. The summed E-state index contributed by atoms with van der Waals surface area (Å²) in [7, 11) is 0. The molecule has 100 valence electrons. The Bertz CT molecular complexity index is 795. The number of aromatic carboxylic acids is 1. The van der Waals surface area contributed by atoms with Gasteiger partial charge < -0.3 is 10.1 Å². The highest BCUT2D eigenvalue weighted by atomic mass is 32.2. The fraction of sp³-hybridized carbons (Fsp3) is 0.0667. The molecule has 2 N–H and O–H groups in total. The van der Waals surface area contributed by atoms with E-state index in [4.69, 9.17) is 0 Å². The van der Waals surface area contributed by atoms with Crippen molar-refractivity contribution in [3.8, 4) is 0 Å². The maximum absolute atomic E-state index is 11.4. The average Bonchev–Trinajstić information content (AvgIpc) is 2.78. The van der Waals surface area contributed by atoms with Crippen LogP contribution in [0.3, 0.4) is 0 Å². The van der Waals surface area contributed by atoms with Gasteiger partial charge >= 0.3 is 5.97 Å². The number of carboxylic acid groups (broad SMARTS) is 1. The summed E-state index contributed by atoms with van der Waals surface area (Å²) in [5.74, 6) is -0.974. The van der Waals surface area contributed by atoms with Crippen molar-refractivity contribution in [1.82, 2.24) is 9.97 Å². The van der Waals surface area contributed by atoms with E-state index in [1.165, 1.54) is 11.8 Å². The van der Waals surface area contributed by atoms with Crippen LogP contribution in [0.5, 0.6) is 0 Å². The van der Waals surface area contributed by atoms with Crippen LogP contribution < -0.4 is 0 Å². The molecule has 0 saturated carbocycles. The van der Waals surface area contributed by atoms with Crippen LogP contribution in [0.15, 0.2) is 52.4 Å². The number of nitrogens with zero attached hydrogens (tertiary/aromatic N) is 1. The summed E-state index contributed by atoms with van der Waals surface area (Å²) in [6, 6.07) is 11.6. The lowest BCUT2D eigenvalue weighted by Gasteiger charge is -2.02. The number of benzene rings is 1. The Morgan fingerprint density at radius 2 is 2.15 bits per heavy atom. The predicted octanol–water partition coefficient (Wildman–Crippen LogP) is 3.72. The van der Waals surface area contributed by atoms with Gasteiger partial charge in [-0.25, -0.2) is 4.79 Å². The van der Waals surface area contributed by atoms with E-state index in [2.05, 4.69) is 9.97 Å². The van der Waals surface area contributed by atoms with Gasteiger partial charge in [0.25, 0.3) is 0 Å². The Balaban J connectivity index is 2.14. The van der Waals surface area contributed by atoms with Gasteiger partial charge in [0, 0.05) is 11.1 Å². The van der Waals surface area contributed by atoms with Crippen LogP contribution in [0.25, 0.3) is 11.0 Å². The number of carboxylic acids is 1. The number of hydrogen-bond acceptors (Lipinski definition) is 3. The molecule has 0 aliphatic rings. The van der Waals surface area contributed by atoms with E-state index in [0.29, 0.717) is 10.4 Å². The molecule has 20 heavy (non-hydrogen) atoms. The summed E-state index contributed by atoms with van der Waals surface area (Å²) in [5, 5.41) is 9.33. The summed E-state index contributed by atoms with van der Waals surface area (Å²) in [6.07, 6.45) is 1.67. The number of nitrogens with one attached hydrogen (secondary N) is 1. The molecule has 3 rings (SSSR count). The first-order chi connectivity index (χ1) is 9.65. The normalized spacial score (nSPS) is 10.8. The topological polar surface area (TPSA) is 66.0 Å². The standard InChI is InChI=1S/C15H12N2O2S/c1-9-4-2-5-10(8-9)20-14-12-11(6-3-7-16-12)17-13(14)15(18)19/h2-8,17H,1H3,(H,18,19). The second-order valence-electron chi connectivity index (χ2n) is 4.45. The summed E-state index contributed by atoms with van der Waals surface area (Å²) < 4.78 is 0. The monoisotopic (exact) mass is 284 g/mol. The predicted molar refractivity (Wildman–Crippen MR) is 78.4 cm³/mol. The van der Waals surface area contributed by atoms with Crippen molar-refractivity contribution in [3.05, 3.63) is 53.9 Å². The number of fused-ring (bicyclic) bond motifs is 1. The van der Waals surface area contributed by atoms with Crippen molar-refractivity contribution in [2.45, 2.75) is 16.7 Å². The molecule has 4 nitrogen and oxygen atoms in total. The minimum absolute atomic E-state index is 0.185. The lowest BCUT2D eigenvalue weighted by atomic mass is 10.2. The highest BCUT2D eigenvalue weighted by Gasteiger charge is 2.18. The number of carbonyl (C=O) groups is 1. The first kappa shape index (κ1) is 12.7. The van der Waals surface area contributed by atoms with Gasteiger partial charge in [0.2, 0.25) is 0 Å². The largest absolute Gasteiger partial charge is 0.477 e. The summed E-state index contributed by atoms with van der Waals surface area (Å²) in [5.41, 5.74) is 2.75. The van der Waals surface area contributed by atoms with Gasteiger partial charge in [-0.05, 0) is 31.2 Å². The zero-order valence-electron chi connectivity index (χ0n) is 10.8. The second-order valence-corrected chi connectivity index (χ2v) is 5.54. The van der Waals surface area contributed by atoms with Gasteiger partial charge in [-0.3, -0.25) is 4.98 Å². The molecule has 0 aliphatic heterocycles. The van der Waals surface area contributed by atoms with Gasteiger partial charge in [0.15, 0.2) is 0 Å². The molecular weight excluding hydrogens is 272 g/mol. The molecule has 2 heterocycles. The number of pyridine rings is 1. The third-order valence-corrected chi connectivity index (χ3v) is 4.02. The number of aromatic nitrogens is 2. The van der Waals surface area contributed by atoms with E-state index in [9.17, 15) is 9.90 Å². The third-order valence-electron chi connectivity index (χ3n) is 2.93. The Kier molecular flexibility index (Phi) is 3.20. The van der Waals surface area contributed by atoms with Gasteiger partial charge in [-0.2, -0.15) is 0 Å². The zero-order chi connectivity index (χ0) is 14.1. The van der Waals surface area contributed by atoms with Crippen LogP contribution >= 0.6 is 11.8 Å². The number of aromatic amines is 1. The van der Waals surface area contributed by atoms with Crippen LogP contribution in [-0.2, 0) is 0 Å². The maximum Gasteiger partial charge on any atom is 0.353 e. The number of H-pyrrole nitrogens is 1. The molecule has 0 unspecified atom stereocenters. The van der Waals surface area contributed by atoms with Crippen molar-refractivity contribution in [2.75, 3.05) is 0 Å². The van der Waals surface area contributed by atoms with E-state index in [-0.39, 0.29) is 5.69 Å². The van der Waals surface area contributed by atoms with Crippen molar-refractivity contribution in [1.29, 1.82) is 0 Å². The molecule has 3 aromatic rings. The lowest BCUT2D eigenvalue weighted by molar-refractivity contribution is 0.0688. The highest BCUT2D eigenvalue weighted by Crippen LogP contribution is 2.35. The minimum atomic E-state index is -0.974. The molecule has 5 heteroatoms. The number of aryl methyl sites for hydroxylation is 1. The quantitative estimate of drug-likeness (QED) is 0.769. The molecule has 0 aliphatic carbocycles. The van der Waals surface area contributed by atoms with Crippen LogP contribution in [-0.4, -0.2) is 21.0 Å². The molecule has 0 amide bonds. The van der Waals surface area contributed by atoms with Crippen LogP contribution in [0, 0.1) is 6.92 Å². The highest BCUT2D eigenvalue weighted by molar-refractivity contribution is 7.99. The summed E-state index contributed by atoms with van der Waals surface area (Å²) in [6.45, 7) is 2.01. The van der Waals surface area contributed by atoms with E-state index >= 15 is 0 Å². The average molecular weight is 284 g/mol. The molecule has 0 atom stereocenters. The van der Waals surface area contributed by atoms with E-state index in [1.807, 2.05) is 37.3 Å². The van der Waals surface area contributed by atoms with Crippen LogP contribution in [0.1, 0.15) is 16.1 Å². The summed E-state index contributed by atoms with van der Waals surface area (Å²) in [4.78, 5) is 20.2. The second kappa shape index (κ2) is 5.02. The van der Waals surface area contributed by atoms with Crippen molar-refractivity contribution < 1.29 is 9.90 Å². The molecule has 2 aromatic heterocycles. The molecule has 0 bridgehead atoms. The van der Waals surface area contributed by atoms with Crippen molar-refractivity contribution in [2.24, 2.45) is 0 Å². The molecule has 0 radical (unpaired) electrons. The molecule has 0 fully saturated rings. The first-order valence-corrected chi connectivity index (χ1v) is 6.91. The van der Waals surface area contributed by atoms with Gasteiger partial charge in [0.1, 0.15) is 11.2 Å². The Hall–Kier alpha value is -2.27. The van der Waals surface area contributed by atoms with E-state index in [1.54, 1.807) is 12.3 Å². The zero-order valence-corrected chi connectivity index (χ0v) is 11.6. The van der Waals surface area contributed by atoms with E-state index < -0.39 is 5.97 Å². The third kappa shape index (κ3) is 2.28. The van der Waals surface area contributed by atoms with Gasteiger partial charge in [0.05, 0.1) is 10.4 Å². The Morgan fingerprint density at radius 3 is 2.90 bits per heavy atom. The number of rotatable bonds is 3. The minimum Gasteiger partial charge on any atom is -0.477 e. The fourth-order valence-corrected chi connectivity index (χ4v) is 3.17. The number of hydrogen-bond donors (Lipinski definition) is 2.